The summed E-state index contributed by atoms with van der Waals surface area (Å²) in [6, 6.07) is 10.7. The molecule has 4 atom stereocenters. The van der Waals surface area contributed by atoms with Crippen LogP contribution >= 0.6 is 15.9 Å². The zero-order chi connectivity index (χ0) is 13.2. The van der Waals surface area contributed by atoms with E-state index in [9.17, 15) is 4.79 Å². The molecule has 1 aromatic carbocycles. The van der Waals surface area contributed by atoms with Crippen molar-refractivity contribution in [3.8, 4) is 0 Å². The highest BCUT2D eigenvalue weighted by atomic mass is 79.9. The van der Waals surface area contributed by atoms with Crippen LogP contribution in [0.25, 0.3) is 0 Å². The number of carbonyl (C=O) groups excluding carboxylic acids is 1. The maximum absolute atomic E-state index is 12.3. The number of benzene rings is 1. The minimum atomic E-state index is 0.198. The number of nitrogens with one attached hydrogen (secondary N) is 1. The zero-order valence-electron chi connectivity index (χ0n) is 11.0. The van der Waals surface area contributed by atoms with Crippen LogP contribution in [0.15, 0.2) is 30.3 Å². The molecule has 19 heavy (non-hydrogen) atoms. The Labute approximate surface area is 123 Å². The summed E-state index contributed by atoms with van der Waals surface area (Å²) >= 11 is 3.70. The first-order valence-electron chi connectivity index (χ1n) is 7.25. The fourth-order valence-electron chi connectivity index (χ4n) is 3.09. The quantitative estimate of drug-likeness (QED) is 0.846. The number of halogens is 1. The number of carbonyl (C=O) groups is 1. The molecule has 2 aliphatic rings. The summed E-state index contributed by atoms with van der Waals surface area (Å²) < 4.78 is 0. The van der Waals surface area contributed by atoms with Crippen LogP contribution in [0.4, 0.5) is 0 Å². The molecule has 1 N–H and O–H groups in total. The van der Waals surface area contributed by atoms with Gasteiger partial charge in [-0.05, 0) is 30.7 Å². The third-order valence-corrected chi connectivity index (χ3v) is 5.46. The Hall–Kier alpha value is -0.830. The number of hydrogen-bond acceptors (Lipinski definition) is 1. The largest absolute Gasteiger partial charge is 0.352 e. The summed E-state index contributed by atoms with van der Waals surface area (Å²) in [7, 11) is 0. The second-order valence-electron chi connectivity index (χ2n) is 5.77. The van der Waals surface area contributed by atoms with Crippen LogP contribution in [-0.4, -0.2) is 16.8 Å². The van der Waals surface area contributed by atoms with E-state index in [1.54, 1.807) is 0 Å². The van der Waals surface area contributed by atoms with Crippen molar-refractivity contribution in [3.05, 3.63) is 35.9 Å². The van der Waals surface area contributed by atoms with E-state index in [4.69, 9.17) is 0 Å². The number of amides is 1. The Kier molecular flexibility index (Phi) is 3.92. The molecule has 2 aliphatic carbocycles. The lowest BCUT2D eigenvalue weighted by atomic mass is 9.95. The number of hydrogen-bond donors (Lipinski definition) is 1. The van der Waals surface area contributed by atoms with Crippen molar-refractivity contribution in [3.63, 3.8) is 0 Å². The Morgan fingerprint density at radius 3 is 2.63 bits per heavy atom. The van der Waals surface area contributed by atoms with Gasteiger partial charge in [-0.25, -0.2) is 0 Å². The smallest absolute Gasteiger partial charge is 0.224 e. The Morgan fingerprint density at radius 2 is 1.89 bits per heavy atom. The number of alkyl halides is 1. The first-order valence-corrected chi connectivity index (χ1v) is 8.16. The average Bonchev–Trinajstić information content (AvgIpc) is 3.23. The zero-order valence-corrected chi connectivity index (χ0v) is 12.6. The summed E-state index contributed by atoms with van der Waals surface area (Å²) in [6.45, 7) is 0. The summed E-state index contributed by atoms with van der Waals surface area (Å²) in [5.74, 6) is 0.896. The van der Waals surface area contributed by atoms with Gasteiger partial charge in [0.2, 0.25) is 5.91 Å². The lowest BCUT2D eigenvalue weighted by Crippen LogP contribution is -2.43. The van der Waals surface area contributed by atoms with E-state index in [1.807, 2.05) is 6.07 Å². The van der Waals surface area contributed by atoms with Gasteiger partial charge in [-0.15, -0.1) is 0 Å². The van der Waals surface area contributed by atoms with E-state index in [0.29, 0.717) is 16.8 Å². The highest BCUT2D eigenvalue weighted by molar-refractivity contribution is 9.09. The minimum absolute atomic E-state index is 0.198. The second kappa shape index (κ2) is 5.66. The second-order valence-corrected chi connectivity index (χ2v) is 6.95. The third kappa shape index (κ3) is 3.02. The molecular formula is C16H20BrNO. The molecule has 0 aliphatic heterocycles. The lowest BCUT2D eigenvalue weighted by molar-refractivity contribution is -0.123. The molecular weight excluding hydrogens is 302 g/mol. The van der Waals surface area contributed by atoms with Gasteiger partial charge in [0.25, 0.3) is 0 Å². The first-order chi connectivity index (χ1) is 9.25. The van der Waals surface area contributed by atoms with Crippen molar-refractivity contribution in [2.45, 2.75) is 48.9 Å². The van der Waals surface area contributed by atoms with Crippen LogP contribution in [0, 0.1) is 5.92 Å². The van der Waals surface area contributed by atoms with Gasteiger partial charge >= 0.3 is 0 Å². The topological polar surface area (TPSA) is 29.1 Å². The van der Waals surface area contributed by atoms with E-state index >= 15 is 0 Å². The van der Waals surface area contributed by atoms with Crippen molar-refractivity contribution in [2.24, 2.45) is 5.92 Å². The van der Waals surface area contributed by atoms with Crippen LogP contribution in [-0.2, 0) is 4.79 Å². The van der Waals surface area contributed by atoms with Gasteiger partial charge in [-0.3, -0.25) is 4.79 Å². The van der Waals surface area contributed by atoms with E-state index in [1.165, 1.54) is 24.8 Å². The lowest BCUT2D eigenvalue weighted by Gasteiger charge is -2.28. The standard InChI is InChI=1S/C16H20BrNO/c17-14-8-4-5-9-15(14)18-16(19)13-10-12(13)11-6-2-1-3-7-11/h1-3,6-7,12-15H,4-5,8-10H2,(H,18,19). The summed E-state index contributed by atoms with van der Waals surface area (Å²) in [5, 5.41) is 3.24. The van der Waals surface area contributed by atoms with Gasteiger partial charge in [0.1, 0.15) is 0 Å². The Morgan fingerprint density at radius 1 is 1.16 bits per heavy atom. The molecule has 0 heterocycles. The van der Waals surface area contributed by atoms with Gasteiger partial charge in [0, 0.05) is 16.8 Å². The molecule has 1 aromatic rings. The molecule has 3 heteroatoms. The fraction of sp³-hybridized carbons (Fsp3) is 0.562. The molecule has 2 saturated carbocycles. The molecule has 0 saturated heterocycles. The summed E-state index contributed by atoms with van der Waals surface area (Å²) in [5.41, 5.74) is 1.31. The summed E-state index contributed by atoms with van der Waals surface area (Å²) in [6.07, 6.45) is 5.82. The highest BCUT2D eigenvalue weighted by Gasteiger charge is 2.44. The summed E-state index contributed by atoms with van der Waals surface area (Å²) in [4.78, 5) is 12.7. The van der Waals surface area contributed by atoms with Gasteiger partial charge in [0.05, 0.1) is 0 Å². The van der Waals surface area contributed by atoms with E-state index < -0.39 is 0 Å². The Bertz CT molecular complexity index is 447. The van der Waals surface area contributed by atoms with E-state index in [-0.39, 0.29) is 11.8 Å². The molecule has 1 amide bonds. The van der Waals surface area contributed by atoms with Crippen LogP contribution < -0.4 is 5.32 Å². The van der Waals surface area contributed by atoms with Crippen molar-refractivity contribution in [2.75, 3.05) is 0 Å². The van der Waals surface area contributed by atoms with Crippen LogP contribution in [0.1, 0.15) is 43.6 Å². The van der Waals surface area contributed by atoms with E-state index in [0.717, 1.165) is 12.8 Å². The monoisotopic (exact) mass is 321 g/mol. The molecule has 0 spiro atoms. The van der Waals surface area contributed by atoms with Gasteiger partial charge in [0.15, 0.2) is 0 Å². The molecule has 2 nitrogen and oxygen atoms in total. The predicted molar refractivity (Wildman–Crippen MR) is 80.4 cm³/mol. The minimum Gasteiger partial charge on any atom is -0.352 e. The fourth-order valence-corrected chi connectivity index (χ4v) is 3.81. The van der Waals surface area contributed by atoms with Gasteiger partial charge < -0.3 is 5.32 Å². The van der Waals surface area contributed by atoms with Crippen molar-refractivity contribution in [1.82, 2.24) is 5.32 Å². The van der Waals surface area contributed by atoms with Crippen LogP contribution in [0.2, 0.25) is 0 Å². The molecule has 2 fully saturated rings. The molecule has 102 valence electrons. The van der Waals surface area contributed by atoms with Crippen LogP contribution in [0.3, 0.4) is 0 Å². The molecule has 3 rings (SSSR count). The third-order valence-electron chi connectivity index (χ3n) is 4.36. The van der Waals surface area contributed by atoms with E-state index in [2.05, 4.69) is 45.5 Å². The Balaban J connectivity index is 1.55. The van der Waals surface area contributed by atoms with Crippen molar-refractivity contribution in [1.29, 1.82) is 0 Å². The average molecular weight is 322 g/mol. The number of rotatable bonds is 3. The molecule has 0 aromatic heterocycles. The molecule has 4 unspecified atom stereocenters. The van der Waals surface area contributed by atoms with Crippen molar-refractivity contribution >= 4 is 21.8 Å². The maximum Gasteiger partial charge on any atom is 0.224 e. The highest BCUT2D eigenvalue weighted by Crippen LogP contribution is 2.47. The van der Waals surface area contributed by atoms with Crippen LogP contribution in [0.5, 0.6) is 0 Å². The normalized spacial score (nSPS) is 33.7. The molecule has 0 radical (unpaired) electrons. The van der Waals surface area contributed by atoms with Gasteiger partial charge in [-0.2, -0.15) is 0 Å². The first kappa shape index (κ1) is 13.2. The van der Waals surface area contributed by atoms with Gasteiger partial charge in [-0.1, -0.05) is 59.1 Å². The van der Waals surface area contributed by atoms with Crippen molar-refractivity contribution < 1.29 is 4.79 Å². The predicted octanol–water partition coefficient (Wildman–Crippen LogP) is 3.61. The maximum atomic E-state index is 12.3. The SMILES string of the molecule is O=C(NC1CCCCC1Br)C1CC1c1ccccc1. The molecule has 0 bridgehead atoms.